The Kier molecular flexibility index (Phi) is 3.01. The van der Waals surface area contributed by atoms with Gasteiger partial charge in [0.05, 0.1) is 0 Å². The first kappa shape index (κ1) is 10.9. The fraction of sp³-hybridized carbons (Fsp3) is 0.583. The first-order chi connectivity index (χ1) is 7.15. The highest BCUT2D eigenvalue weighted by Gasteiger charge is 2.35. The fourth-order valence-corrected chi connectivity index (χ4v) is 2.88. The molecule has 0 N–H and O–H groups in total. The van der Waals surface area contributed by atoms with E-state index >= 15 is 0 Å². The summed E-state index contributed by atoms with van der Waals surface area (Å²) in [6.45, 7) is 2.90. The number of pyridine rings is 1. The van der Waals surface area contributed by atoms with Crippen LogP contribution < -0.4 is 5.43 Å². The maximum Gasteiger partial charge on any atom is 0.184 e. The molecule has 0 amide bonds. The van der Waals surface area contributed by atoms with Crippen molar-refractivity contribution in [2.45, 2.75) is 32.7 Å². The van der Waals surface area contributed by atoms with Crippen molar-refractivity contribution in [1.82, 2.24) is 4.57 Å². The summed E-state index contributed by atoms with van der Waals surface area (Å²) in [4.78, 5) is 11.3. The van der Waals surface area contributed by atoms with Gasteiger partial charge < -0.3 is 4.57 Å². The number of hydrogen-bond donors (Lipinski definition) is 0. The van der Waals surface area contributed by atoms with Gasteiger partial charge >= 0.3 is 0 Å². The van der Waals surface area contributed by atoms with E-state index in [1.807, 2.05) is 19.3 Å². The van der Waals surface area contributed by atoms with Crippen LogP contribution >= 0.6 is 15.9 Å². The number of aryl methyl sites for hydroxylation is 1. The van der Waals surface area contributed by atoms with Crippen molar-refractivity contribution in [3.8, 4) is 0 Å². The Morgan fingerprint density at radius 3 is 2.73 bits per heavy atom. The molecular weight excluding hydrogens is 254 g/mol. The largest absolute Gasteiger partial charge is 0.353 e. The Morgan fingerprint density at radius 1 is 1.53 bits per heavy atom. The standard InChI is InChI=1S/C12H16BrNO/c1-10-7-14(6-3-11(10)15)9-12(8-13)4-2-5-12/h3,6-7H,2,4-5,8-9H2,1H3. The van der Waals surface area contributed by atoms with Crippen LogP contribution in [0.25, 0.3) is 0 Å². The van der Waals surface area contributed by atoms with E-state index in [1.54, 1.807) is 6.07 Å². The first-order valence-electron chi connectivity index (χ1n) is 5.38. The smallest absolute Gasteiger partial charge is 0.184 e. The first-order valence-corrected chi connectivity index (χ1v) is 6.50. The molecule has 1 aromatic heterocycles. The molecule has 1 heterocycles. The van der Waals surface area contributed by atoms with Crippen molar-refractivity contribution in [2.24, 2.45) is 5.41 Å². The van der Waals surface area contributed by atoms with Gasteiger partial charge in [0, 0.05) is 35.9 Å². The third-order valence-corrected chi connectivity index (χ3v) is 4.57. The van der Waals surface area contributed by atoms with Crippen molar-refractivity contribution >= 4 is 15.9 Å². The van der Waals surface area contributed by atoms with E-state index in [0.717, 1.165) is 17.4 Å². The second-order valence-corrected chi connectivity index (χ2v) is 5.21. The summed E-state index contributed by atoms with van der Waals surface area (Å²) in [5.74, 6) is 0. The van der Waals surface area contributed by atoms with E-state index in [0.29, 0.717) is 5.41 Å². The molecule has 0 aromatic carbocycles. The lowest BCUT2D eigenvalue weighted by atomic mass is 9.70. The Labute approximate surface area is 98.4 Å². The molecule has 2 rings (SSSR count). The average molecular weight is 270 g/mol. The highest BCUT2D eigenvalue weighted by molar-refractivity contribution is 9.09. The van der Waals surface area contributed by atoms with Crippen LogP contribution in [0.2, 0.25) is 0 Å². The number of nitrogens with zero attached hydrogens (tertiary/aromatic N) is 1. The van der Waals surface area contributed by atoms with Gasteiger partial charge in [0.25, 0.3) is 0 Å². The van der Waals surface area contributed by atoms with Crippen LogP contribution in [0.5, 0.6) is 0 Å². The molecule has 0 radical (unpaired) electrons. The van der Waals surface area contributed by atoms with E-state index in [-0.39, 0.29) is 5.43 Å². The molecule has 1 aromatic rings. The summed E-state index contributed by atoms with van der Waals surface area (Å²) in [5.41, 5.74) is 1.40. The van der Waals surface area contributed by atoms with Crippen LogP contribution in [-0.4, -0.2) is 9.90 Å². The van der Waals surface area contributed by atoms with E-state index in [4.69, 9.17) is 0 Å². The highest BCUT2D eigenvalue weighted by atomic mass is 79.9. The lowest BCUT2D eigenvalue weighted by Gasteiger charge is -2.41. The van der Waals surface area contributed by atoms with Gasteiger partial charge in [0.1, 0.15) is 0 Å². The topological polar surface area (TPSA) is 22.0 Å². The van der Waals surface area contributed by atoms with Gasteiger partial charge in [0.2, 0.25) is 0 Å². The molecule has 1 saturated carbocycles. The summed E-state index contributed by atoms with van der Waals surface area (Å²) >= 11 is 3.60. The van der Waals surface area contributed by atoms with E-state index < -0.39 is 0 Å². The van der Waals surface area contributed by atoms with Gasteiger partial charge in [-0.05, 0) is 25.2 Å². The molecule has 1 aliphatic carbocycles. The minimum absolute atomic E-state index is 0.132. The average Bonchev–Trinajstić information content (AvgIpc) is 2.17. The summed E-state index contributed by atoms with van der Waals surface area (Å²) < 4.78 is 2.15. The summed E-state index contributed by atoms with van der Waals surface area (Å²) in [5, 5.41) is 1.06. The second kappa shape index (κ2) is 4.12. The summed E-state index contributed by atoms with van der Waals surface area (Å²) in [6, 6.07) is 1.66. The monoisotopic (exact) mass is 269 g/mol. The van der Waals surface area contributed by atoms with Crippen molar-refractivity contribution in [2.75, 3.05) is 5.33 Å². The van der Waals surface area contributed by atoms with Gasteiger partial charge in [-0.15, -0.1) is 0 Å². The molecular formula is C12H16BrNO. The molecule has 15 heavy (non-hydrogen) atoms. The number of alkyl halides is 1. The van der Waals surface area contributed by atoms with Gasteiger partial charge in [-0.25, -0.2) is 0 Å². The number of aromatic nitrogens is 1. The number of hydrogen-bond acceptors (Lipinski definition) is 1. The van der Waals surface area contributed by atoms with Crippen LogP contribution in [0.15, 0.2) is 23.3 Å². The summed E-state index contributed by atoms with van der Waals surface area (Å²) in [6.07, 6.45) is 7.79. The predicted octanol–water partition coefficient (Wildman–Crippen LogP) is 2.72. The molecule has 1 fully saturated rings. The number of rotatable bonds is 3. The lowest BCUT2D eigenvalue weighted by Crippen LogP contribution is -2.35. The van der Waals surface area contributed by atoms with Gasteiger partial charge in [-0.2, -0.15) is 0 Å². The SMILES string of the molecule is Cc1cn(CC2(CBr)CCC2)ccc1=O. The summed E-state index contributed by atoms with van der Waals surface area (Å²) in [7, 11) is 0. The van der Waals surface area contributed by atoms with Crippen LogP contribution in [-0.2, 0) is 6.54 Å². The van der Waals surface area contributed by atoms with Crippen LogP contribution in [0.1, 0.15) is 24.8 Å². The van der Waals surface area contributed by atoms with E-state index in [2.05, 4.69) is 20.5 Å². The zero-order chi connectivity index (χ0) is 10.9. The molecule has 0 aliphatic heterocycles. The zero-order valence-corrected chi connectivity index (χ0v) is 10.6. The Hall–Kier alpha value is -0.570. The lowest BCUT2D eigenvalue weighted by molar-refractivity contribution is 0.140. The molecule has 0 unspecified atom stereocenters. The normalized spacial score (nSPS) is 18.5. The Balaban J connectivity index is 2.17. The van der Waals surface area contributed by atoms with Crippen molar-refractivity contribution in [3.05, 3.63) is 34.2 Å². The maximum atomic E-state index is 11.3. The second-order valence-electron chi connectivity index (χ2n) is 4.65. The Bertz CT molecular complexity index is 401. The molecule has 2 nitrogen and oxygen atoms in total. The predicted molar refractivity (Wildman–Crippen MR) is 65.5 cm³/mol. The van der Waals surface area contributed by atoms with Crippen LogP contribution in [0.4, 0.5) is 0 Å². The molecule has 82 valence electrons. The van der Waals surface area contributed by atoms with Gasteiger partial charge in [0.15, 0.2) is 5.43 Å². The molecule has 0 bridgehead atoms. The molecule has 0 saturated heterocycles. The highest BCUT2D eigenvalue weighted by Crippen LogP contribution is 2.43. The Morgan fingerprint density at radius 2 is 2.27 bits per heavy atom. The van der Waals surface area contributed by atoms with Gasteiger partial charge in [-0.1, -0.05) is 22.4 Å². The number of halogens is 1. The third kappa shape index (κ3) is 2.17. The van der Waals surface area contributed by atoms with Crippen LogP contribution in [0, 0.1) is 12.3 Å². The zero-order valence-electron chi connectivity index (χ0n) is 9.00. The molecule has 1 aliphatic rings. The van der Waals surface area contributed by atoms with Crippen molar-refractivity contribution in [1.29, 1.82) is 0 Å². The quantitative estimate of drug-likeness (QED) is 0.774. The third-order valence-electron chi connectivity index (χ3n) is 3.38. The van der Waals surface area contributed by atoms with Crippen molar-refractivity contribution in [3.63, 3.8) is 0 Å². The van der Waals surface area contributed by atoms with Crippen LogP contribution in [0.3, 0.4) is 0 Å². The fourth-order valence-electron chi connectivity index (χ4n) is 2.15. The van der Waals surface area contributed by atoms with Crippen molar-refractivity contribution < 1.29 is 0 Å². The van der Waals surface area contributed by atoms with Gasteiger partial charge in [-0.3, -0.25) is 4.79 Å². The minimum Gasteiger partial charge on any atom is -0.353 e. The molecule has 0 atom stereocenters. The van der Waals surface area contributed by atoms with E-state index in [9.17, 15) is 4.79 Å². The minimum atomic E-state index is 0.132. The molecule has 0 spiro atoms. The molecule has 3 heteroatoms. The maximum absolute atomic E-state index is 11.3. The van der Waals surface area contributed by atoms with E-state index in [1.165, 1.54) is 19.3 Å².